The van der Waals surface area contributed by atoms with Gasteiger partial charge in [-0.05, 0) is 38.5 Å². The third-order valence-corrected chi connectivity index (χ3v) is 13.1. The number of esters is 2. The van der Waals surface area contributed by atoms with E-state index in [1.165, 1.54) is 128 Å². The molecule has 1 saturated carbocycles. The summed E-state index contributed by atoms with van der Waals surface area (Å²) < 4.78 is 33.5. The molecule has 0 aromatic rings. The molecule has 1 fully saturated rings. The van der Waals surface area contributed by atoms with Crippen LogP contribution in [0.1, 0.15) is 213 Å². The van der Waals surface area contributed by atoms with E-state index in [1.54, 1.807) is 12.2 Å². The number of ether oxygens (including phenoxy) is 2. The summed E-state index contributed by atoms with van der Waals surface area (Å²) >= 11 is 0. The Hall–Kier alpha value is -2.45. The van der Waals surface area contributed by atoms with Gasteiger partial charge in [0.15, 0.2) is 6.10 Å². The smallest absolute Gasteiger partial charge is 0.462 e. The molecule has 0 aromatic heterocycles. The summed E-state index contributed by atoms with van der Waals surface area (Å²) in [6.45, 7) is 3.13. The predicted molar refractivity (Wildman–Crippen MR) is 272 cm³/mol. The van der Waals surface area contributed by atoms with Crippen molar-refractivity contribution < 1.29 is 63.1 Å². The van der Waals surface area contributed by atoms with Gasteiger partial charge in [0.05, 0.1) is 13.0 Å². The first-order valence-corrected chi connectivity index (χ1v) is 28.1. The van der Waals surface area contributed by atoms with Gasteiger partial charge >= 0.3 is 19.8 Å². The van der Waals surface area contributed by atoms with Crippen LogP contribution in [0.25, 0.3) is 0 Å². The zero-order valence-electron chi connectivity index (χ0n) is 42.1. The van der Waals surface area contributed by atoms with Crippen LogP contribution in [-0.2, 0) is 32.7 Å². The van der Waals surface area contributed by atoms with Gasteiger partial charge in [-0.3, -0.25) is 18.6 Å². The molecule has 0 radical (unpaired) electrons. The molecular formula is C54H95O13P. The van der Waals surface area contributed by atoms with Crippen molar-refractivity contribution in [2.24, 2.45) is 0 Å². The standard InChI is InChI=1S/C54H95O13P/c1-3-5-7-9-11-13-15-17-19-20-21-22-23-24-25-26-27-29-30-32-34-36-38-40-42-47(55)64-44-46(45-65-68(62,63)67-54-52(60)50(58)49(57)51(59)53(54)61)66-48(56)43-41-39-37-35-33-31-28-18-16-14-12-10-8-6-4-2/h6,8,12,14,18,28,33,35,39,41,46,49-54,57-61H,3-5,7,9-11,13,15-17,19-27,29-32,34,36-38,40,42-45H2,1-2H3,(H,62,63)/b8-6-,14-12-,28-18-,35-33-,41-39-. The first-order chi connectivity index (χ1) is 32.9. The van der Waals surface area contributed by atoms with Crippen LogP contribution in [0.4, 0.5) is 0 Å². The van der Waals surface area contributed by atoms with Crippen LogP contribution in [-0.4, -0.2) is 98.3 Å². The summed E-state index contributed by atoms with van der Waals surface area (Å²) in [5, 5.41) is 50.2. The molecule has 0 bridgehead atoms. The number of hydrogen-bond acceptors (Lipinski definition) is 12. The number of carbonyl (C=O) groups is 2. The highest BCUT2D eigenvalue weighted by atomic mass is 31.2. The molecule has 0 aromatic carbocycles. The first-order valence-electron chi connectivity index (χ1n) is 26.6. The number of phosphoric acid groups is 1. The van der Waals surface area contributed by atoms with Crippen LogP contribution in [0, 0.1) is 0 Å². The van der Waals surface area contributed by atoms with Crippen molar-refractivity contribution in [1.82, 2.24) is 0 Å². The van der Waals surface area contributed by atoms with Gasteiger partial charge < -0.3 is 39.9 Å². The van der Waals surface area contributed by atoms with Crippen LogP contribution >= 0.6 is 7.82 Å². The summed E-state index contributed by atoms with van der Waals surface area (Å²) in [7, 11) is -5.15. The van der Waals surface area contributed by atoms with Crippen LogP contribution < -0.4 is 0 Å². The lowest BCUT2D eigenvalue weighted by atomic mass is 9.85. The van der Waals surface area contributed by atoms with E-state index in [0.29, 0.717) is 12.8 Å². The number of allylic oxidation sites excluding steroid dienone is 9. The highest BCUT2D eigenvalue weighted by Crippen LogP contribution is 2.47. The van der Waals surface area contributed by atoms with Crippen molar-refractivity contribution in [1.29, 1.82) is 0 Å². The maximum Gasteiger partial charge on any atom is 0.472 e. The van der Waals surface area contributed by atoms with Crippen molar-refractivity contribution in [3.05, 3.63) is 60.8 Å². The van der Waals surface area contributed by atoms with E-state index >= 15 is 0 Å². The molecule has 1 aliphatic rings. The lowest BCUT2D eigenvalue weighted by Gasteiger charge is -2.41. The summed E-state index contributed by atoms with van der Waals surface area (Å²) in [5.41, 5.74) is 0. The van der Waals surface area contributed by atoms with Gasteiger partial charge in [-0.1, -0.05) is 222 Å². The minimum absolute atomic E-state index is 0.136. The van der Waals surface area contributed by atoms with Gasteiger partial charge in [-0.15, -0.1) is 0 Å². The summed E-state index contributed by atoms with van der Waals surface area (Å²) in [4.78, 5) is 35.8. The van der Waals surface area contributed by atoms with Crippen LogP contribution in [0.3, 0.4) is 0 Å². The third kappa shape index (κ3) is 34.8. The topological polar surface area (TPSA) is 210 Å². The molecule has 1 aliphatic carbocycles. The fourth-order valence-corrected chi connectivity index (χ4v) is 8.93. The quantitative estimate of drug-likeness (QED) is 0.0145. The molecule has 68 heavy (non-hydrogen) atoms. The molecule has 14 heteroatoms. The van der Waals surface area contributed by atoms with Gasteiger partial charge in [-0.25, -0.2) is 4.57 Å². The Kier molecular flexibility index (Phi) is 40.5. The molecule has 0 saturated heterocycles. The zero-order valence-corrected chi connectivity index (χ0v) is 43.0. The Bertz CT molecular complexity index is 1420. The van der Waals surface area contributed by atoms with E-state index in [0.717, 1.165) is 44.9 Å². The maximum atomic E-state index is 12.8. The average molecular weight is 983 g/mol. The number of rotatable bonds is 44. The predicted octanol–water partition coefficient (Wildman–Crippen LogP) is 11.7. The lowest BCUT2D eigenvalue weighted by molar-refractivity contribution is -0.220. The number of aliphatic hydroxyl groups excluding tert-OH is 5. The maximum absolute atomic E-state index is 12.8. The number of unbranched alkanes of at least 4 members (excludes halogenated alkanes) is 23. The van der Waals surface area contributed by atoms with Gasteiger partial charge in [0.25, 0.3) is 0 Å². The van der Waals surface area contributed by atoms with E-state index in [-0.39, 0.29) is 12.8 Å². The Labute approximate surface area is 411 Å². The van der Waals surface area contributed by atoms with Crippen molar-refractivity contribution in [2.75, 3.05) is 13.2 Å². The summed E-state index contributed by atoms with van der Waals surface area (Å²) in [6, 6.07) is 0. The highest BCUT2D eigenvalue weighted by molar-refractivity contribution is 7.47. The van der Waals surface area contributed by atoms with Crippen LogP contribution in [0.2, 0.25) is 0 Å². The number of aliphatic hydroxyl groups is 5. The van der Waals surface area contributed by atoms with E-state index in [2.05, 4.69) is 50.3 Å². The SMILES string of the molecule is CC/C=C\C/C=C\C/C=C\C/C=C\C/C=C\CC(=O)OC(COC(=O)CCCCCCCCCCCCCCCCCCCCCCCCCC)COP(=O)(O)OC1C(O)C(O)C(O)C(O)C1O. The van der Waals surface area contributed by atoms with E-state index < -0.39 is 75.7 Å². The van der Waals surface area contributed by atoms with E-state index in [1.807, 2.05) is 12.2 Å². The van der Waals surface area contributed by atoms with Gasteiger partial charge in [0.2, 0.25) is 0 Å². The second kappa shape index (κ2) is 43.3. The van der Waals surface area contributed by atoms with Gasteiger partial charge in [-0.2, -0.15) is 0 Å². The normalized spacial score (nSPS) is 21.5. The largest absolute Gasteiger partial charge is 0.472 e. The number of hydrogen-bond donors (Lipinski definition) is 6. The molecular weight excluding hydrogens is 888 g/mol. The molecule has 6 atom stereocenters. The molecule has 6 unspecified atom stereocenters. The Morgan fingerprint density at radius 1 is 0.471 bits per heavy atom. The molecule has 0 aliphatic heterocycles. The van der Waals surface area contributed by atoms with Crippen molar-refractivity contribution in [3.8, 4) is 0 Å². The molecule has 6 N–H and O–H groups in total. The Morgan fingerprint density at radius 2 is 0.824 bits per heavy atom. The minimum atomic E-state index is -5.15. The van der Waals surface area contributed by atoms with E-state index in [9.17, 15) is 44.6 Å². The Morgan fingerprint density at radius 3 is 1.22 bits per heavy atom. The fraction of sp³-hybridized carbons (Fsp3) is 0.778. The van der Waals surface area contributed by atoms with E-state index in [4.69, 9.17) is 18.5 Å². The van der Waals surface area contributed by atoms with Crippen molar-refractivity contribution >= 4 is 19.8 Å². The summed E-state index contributed by atoms with van der Waals surface area (Å²) in [5.74, 6) is -1.24. The van der Waals surface area contributed by atoms with Crippen LogP contribution in [0.5, 0.6) is 0 Å². The van der Waals surface area contributed by atoms with Crippen LogP contribution in [0.15, 0.2) is 60.8 Å². The fourth-order valence-electron chi connectivity index (χ4n) is 7.95. The molecule has 0 amide bonds. The van der Waals surface area contributed by atoms with Gasteiger partial charge in [0.1, 0.15) is 43.2 Å². The third-order valence-electron chi connectivity index (χ3n) is 12.2. The second-order valence-electron chi connectivity index (χ2n) is 18.4. The molecule has 0 heterocycles. The summed E-state index contributed by atoms with van der Waals surface area (Å²) in [6.07, 6.45) is 41.7. The highest BCUT2D eigenvalue weighted by Gasteiger charge is 2.51. The Balaban J connectivity index is 2.37. The van der Waals surface area contributed by atoms with Crippen molar-refractivity contribution in [3.63, 3.8) is 0 Å². The van der Waals surface area contributed by atoms with Gasteiger partial charge in [0, 0.05) is 6.42 Å². The zero-order chi connectivity index (χ0) is 49.9. The molecule has 1 rings (SSSR count). The number of phosphoric ester groups is 1. The van der Waals surface area contributed by atoms with Crippen molar-refractivity contribution in [2.45, 2.75) is 256 Å². The molecule has 0 spiro atoms. The lowest BCUT2D eigenvalue weighted by Crippen LogP contribution is -2.64. The second-order valence-corrected chi connectivity index (χ2v) is 19.8. The minimum Gasteiger partial charge on any atom is -0.462 e. The first kappa shape index (κ1) is 63.6. The monoisotopic (exact) mass is 983 g/mol. The molecule has 13 nitrogen and oxygen atoms in total. The number of carbonyl (C=O) groups excluding carboxylic acids is 2. The average Bonchev–Trinajstić information content (AvgIpc) is 3.32. The molecule has 394 valence electrons.